The van der Waals surface area contributed by atoms with Gasteiger partial charge >= 0.3 is 0 Å². The van der Waals surface area contributed by atoms with Crippen molar-refractivity contribution >= 4 is 33.1 Å². The predicted molar refractivity (Wildman–Crippen MR) is 155 cm³/mol. The van der Waals surface area contributed by atoms with E-state index in [1.165, 1.54) is 22.5 Å². The quantitative estimate of drug-likeness (QED) is 0.253. The molecule has 194 valence electrons. The molecule has 7 nitrogen and oxygen atoms in total. The molecular formula is C30H32N6OS. The SMILES string of the molecule is C=C(C)c1nsc(N2CCc3nn(-c4c(C)cccc4OCC(C)C)c(-c4ccc5[nH]ccc5c4)c3C2)n1. The first-order valence-corrected chi connectivity index (χ1v) is 13.8. The predicted octanol–water partition coefficient (Wildman–Crippen LogP) is 6.81. The molecule has 38 heavy (non-hydrogen) atoms. The number of para-hydroxylation sites is 1. The van der Waals surface area contributed by atoms with E-state index in [0.29, 0.717) is 19.1 Å². The summed E-state index contributed by atoms with van der Waals surface area (Å²) in [5, 5.41) is 7.33. The summed E-state index contributed by atoms with van der Waals surface area (Å²) in [6.45, 7) is 14.6. The van der Waals surface area contributed by atoms with Gasteiger partial charge in [0.15, 0.2) is 5.82 Å². The minimum absolute atomic E-state index is 0.425. The van der Waals surface area contributed by atoms with Crippen LogP contribution in [0.3, 0.4) is 0 Å². The highest BCUT2D eigenvalue weighted by Crippen LogP contribution is 2.38. The number of fused-ring (bicyclic) bond motifs is 2. The van der Waals surface area contributed by atoms with Crippen LogP contribution in [0.1, 0.15) is 43.4 Å². The van der Waals surface area contributed by atoms with Crippen molar-refractivity contribution in [3.8, 4) is 22.7 Å². The molecule has 0 spiro atoms. The van der Waals surface area contributed by atoms with Crippen LogP contribution in [0, 0.1) is 12.8 Å². The number of anilines is 1. The van der Waals surface area contributed by atoms with E-state index in [9.17, 15) is 0 Å². The monoisotopic (exact) mass is 524 g/mol. The van der Waals surface area contributed by atoms with E-state index in [1.54, 1.807) is 0 Å². The number of hydrogen-bond donors (Lipinski definition) is 1. The van der Waals surface area contributed by atoms with Gasteiger partial charge in [-0.05, 0) is 55.2 Å². The van der Waals surface area contributed by atoms with Crippen molar-refractivity contribution in [2.24, 2.45) is 5.92 Å². The number of benzene rings is 2. The number of nitrogens with zero attached hydrogens (tertiary/aromatic N) is 5. The van der Waals surface area contributed by atoms with E-state index in [2.05, 4.69) is 88.8 Å². The lowest BCUT2D eigenvalue weighted by molar-refractivity contribution is 0.270. The molecule has 0 bridgehead atoms. The summed E-state index contributed by atoms with van der Waals surface area (Å²) in [7, 11) is 0. The third-order valence-electron chi connectivity index (χ3n) is 6.91. The number of ether oxygens (including phenoxy) is 1. The van der Waals surface area contributed by atoms with Gasteiger partial charge in [-0.1, -0.05) is 38.6 Å². The second kappa shape index (κ2) is 9.76. The lowest BCUT2D eigenvalue weighted by Gasteiger charge is -2.26. The molecule has 0 fully saturated rings. The Morgan fingerprint density at radius 3 is 2.87 bits per heavy atom. The summed E-state index contributed by atoms with van der Waals surface area (Å²) < 4.78 is 13.0. The maximum absolute atomic E-state index is 6.33. The molecule has 0 atom stereocenters. The number of aryl methyl sites for hydroxylation is 1. The standard InChI is InChI=1S/C30H32N6OS/c1-18(2)17-37-26-8-6-7-20(5)27(26)36-28(22-9-10-24-21(15-22)11-13-31-24)23-16-35(14-12-25(23)33-36)30-32-29(19(3)4)34-38-30/h6-11,13,15,18,31H,3,12,14,16-17H2,1-2,4-5H3. The first kappa shape index (κ1) is 24.4. The molecule has 1 aliphatic rings. The fourth-order valence-corrected chi connectivity index (χ4v) is 5.75. The molecule has 0 saturated heterocycles. The van der Waals surface area contributed by atoms with Crippen molar-refractivity contribution in [2.75, 3.05) is 18.1 Å². The number of allylic oxidation sites excluding steroid dienone is 1. The largest absolute Gasteiger partial charge is 0.491 e. The molecule has 0 amide bonds. The maximum atomic E-state index is 6.33. The van der Waals surface area contributed by atoms with Crippen LogP contribution in [0.2, 0.25) is 0 Å². The van der Waals surface area contributed by atoms with E-state index in [1.807, 2.05) is 13.1 Å². The van der Waals surface area contributed by atoms with Gasteiger partial charge in [0.1, 0.15) is 11.4 Å². The lowest BCUT2D eigenvalue weighted by Crippen LogP contribution is -2.30. The number of aromatic nitrogens is 5. The van der Waals surface area contributed by atoms with Crippen LogP contribution in [0.5, 0.6) is 5.75 Å². The van der Waals surface area contributed by atoms with Gasteiger partial charge in [0, 0.05) is 59.3 Å². The van der Waals surface area contributed by atoms with Crippen molar-refractivity contribution < 1.29 is 4.74 Å². The topological polar surface area (TPSA) is 71.9 Å². The molecule has 1 N–H and O–H groups in total. The number of rotatable bonds is 7. The number of aromatic amines is 1. The van der Waals surface area contributed by atoms with Gasteiger partial charge in [0.2, 0.25) is 5.13 Å². The molecule has 4 heterocycles. The van der Waals surface area contributed by atoms with Crippen molar-refractivity contribution in [3.05, 3.63) is 77.9 Å². The molecular weight excluding hydrogens is 492 g/mol. The Hall–Kier alpha value is -3.91. The van der Waals surface area contributed by atoms with Gasteiger partial charge < -0.3 is 14.6 Å². The third-order valence-corrected chi connectivity index (χ3v) is 7.69. The van der Waals surface area contributed by atoms with Crippen molar-refractivity contribution in [3.63, 3.8) is 0 Å². The van der Waals surface area contributed by atoms with Gasteiger partial charge in [-0.2, -0.15) is 14.5 Å². The molecule has 0 aliphatic carbocycles. The summed E-state index contributed by atoms with van der Waals surface area (Å²) in [6, 6.07) is 14.9. The van der Waals surface area contributed by atoms with Crippen LogP contribution in [0.4, 0.5) is 5.13 Å². The van der Waals surface area contributed by atoms with Crippen LogP contribution in [-0.4, -0.2) is 37.3 Å². The Morgan fingerprint density at radius 2 is 2.08 bits per heavy atom. The highest BCUT2D eigenvalue weighted by Gasteiger charge is 2.29. The highest BCUT2D eigenvalue weighted by molar-refractivity contribution is 7.09. The minimum atomic E-state index is 0.425. The van der Waals surface area contributed by atoms with E-state index in [-0.39, 0.29) is 0 Å². The van der Waals surface area contributed by atoms with E-state index in [0.717, 1.165) is 69.0 Å². The third kappa shape index (κ3) is 4.39. The fraction of sp³-hybridized carbons (Fsp3) is 0.300. The second-order valence-electron chi connectivity index (χ2n) is 10.4. The number of H-pyrrole nitrogens is 1. The zero-order valence-electron chi connectivity index (χ0n) is 22.3. The van der Waals surface area contributed by atoms with Crippen LogP contribution < -0.4 is 9.64 Å². The normalized spacial score (nSPS) is 13.3. The maximum Gasteiger partial charge on any atom is 0.205 e. The van der Waals surface area contributed by atoms with Crippen LogP contribution in [0.15, 0.2) is 55.2 Å². The summed E-state index contributed by atoms with van der Waals surface area (Å²) in [5.74, 6) is 2.00. The summed E-state index contributed by atoms with van der Waals surface area (Å²) in [6.07, 6.45) is 2.81. The van der Waals surface area contributed by atoms with Gasteiger partial charge in [-0.15, -0.1) is 0 Å². The highest BCUT2D eigenvalue weighted by atomic mass is 32.1. The molecule has 0 unspecified atom stereocenters. The van der Waals surface area contributed by atoms with Crippen LogP contribution >= 0.6 is 11.5 Å². The van der Waals surface area contributed by atoms with E-state index < -0.39 is 0 Å². The molecule has 2 aromatic carbocycles. The first-order chi connectivity index (χ1) is 18.4. The van der Waals surface area contributed by atoms with Gasteiger partial charge in [0.05, 0.1) is 18.0 Å². The Morgan fingerprint density at radius 1 is 1.21 bits per heavy atom. The van der Waals surface area contributed by atoms with Crippen LogP contribution in [-0.2, 0) is 13.0 Å². The second-order valence-corrected chi connectivity index (χ2v) is 11.2. The number of hydrogen-bond acceptors (Lipinski definition) is 6. The van der Waals surface area contributed by atoms with Crippen molar-refractivity contribution in [1.82, 2.24) is 24.1 Å². The average Bonchev–Trinajstić information content (AvgIpc) is 3.64. The molecule has 8 heteroatoms. The van der Waals surface area contributed by atoms with E-state index >= 15 is 0 Å². The summed E-state index contributed by atoms with van der Waals surface area (Å²) in [5.41, 5.74) is 8.69. The zero-order valence-corrected chi connectivity index (χ0v) is 23.1. The first-order valence-electron chi connectivity index (χ1n) is 13.0. The Kier molecular flexibility index (Phi) is 6.27. The average molecular weight is 525 g/mol. The molecule has 3 aromatic heterocycles. The Balaban J connectivity index is 1.51. The summed E-state index contributed by atoms with van der Waals surface area (Å²) in [4.78, 5) is 10.4. The molecule has 0 radical (unpaired) electrons. The Labute approximate surface area is 227 Å². The number of nitrogens with one attached hydrogen (secondary N) is 1. The minimum Gasteiger partial charge on any atom is -0.491 e. The molecule has 1 aliphatic heterocycles. The van der Waals surface area contributed by atoms with Crippen molar-refractivity contribution in [2.45, 2.75) is 40.7 Å². The lowest BCUT2D eigenvalue weighted by atomic mass is 10.00. The molecule has 0 saturated carbocycles. The zero-order chi connectivity index (χ0) is 26.4. The molecule has 6 rings (SSSR count). The smallest absolute Gasteiger partial charge is 0.205 e. The van der Waals surface area contributed by atoms with Gasteiger partial charge in [-0.3, -0.25) is 0 Å². The summed E-state index contributed by atoms with van der Waals surface area (Å²) >= 11 is 1.43. The molecule has 5 aromatic rings. The van der Waals surface area contributed by atoms with Gasteiger partial charge in [0.25, 0.3) is 0 Å². The fourth-order valence-electron chi connectivity index (χ4n) is 4.99. The Bertz CT molecular complexity index is 1640. The van der Waals surface area contributed by atoms with Crippen molar-refractivity contribution in [1.29, 1.82) is 0 Å². The van der Waals surface area contributed by atoms with E-state index in [4.69, 9.17) is 14.8 Å². The van der Waals surface area contributed by atoms with Crippen LogP contribution in [0.25, 0.3) is 33.4 Å². The van der Waals surface area contributed by atoms with Gasteiger partial charge in [-0.25, -0.2) is 4.68 Å².